The first-order valence-corrected chi connectivity index (χ1v) is 7.55. The molecular formula is C18H21N3O2. The predicted molar refractivity (Wildman–Crippen MR) is 89.2 cm³/mol. The lowest BCUT2D eigenvalue weighted by atomic mass is 10.1. The van der Waals surface area contributed by atoms with Crippen LogP contribution in [-0.2, 0) is 6.54 Å². The highest BCUT2D eigenvalue weighted by Gasteiger charge is 2.12. The highest BCUT2D eigenvalue weighted by atomic mass is 16.2. The Labute approximate surface area is 136 Å². The largest absolute Gasteiger partial charge is 0.350 e. The molecule has 1 heterocycles. The number of nitrogens with zero attached hydrogens (tertiary/aromatic N) is 1. The third kappa shape index (κ3) is 4.92. The summed E-state index contributed by atoms with van der Waals surface area (Å²) in [6.45, 7) is 6.20. The Morgan fingerprint density at radius 2 is 1.65 bits per heavy atom. The molecule has 5 nitrogen and oxygen atoms in total. The molecule has 0 aliphatic carbocycles. The van der Waals surface area contributed by atoms with Crippen molar-refractivity contribution in [1.82, 2.24) is 15.6 Å². The molecular weight excluding hydrogens is 290 g/mol. The van der Waals surface area contributed by atoms with Gasteiger partial charge in [-0.2, -0.15) is 0 Å². The van der Waals surface area contributed by atoms with Crippen LogP contribution in [0.1, 0.15) is 45.7 Å². The van der Waals surface area contributed by atoms with Crippen LogP contribution in [0.5, 0.6) is 0 Å². The Bertz CT molecular complexity index is 694. The van der Waals surface area contributed by atoms with Crippen molar-refractivity contribution in [2.75, 3.05) is 0 Å². The van der Waals surface area contributed by atoms with Gasteiger partial charge in [0.25, 0.3) is 11.8 Å². The van der Waals surface area contributed by atoms with Gasteiger partial charge in [0.1, 0.15) is 0 Å². The van der Waals surface area contributed by atoms with Crippen molar-refractivity contribution in [2.24, 2.45) is 0 Å². The third-order valence-electron chi connectivity index (χ3n) is 3.26. The second-order valence-corrected chi connectivity index (χ2v) is 5.76. The van der Waals surface area contributed by atoms with Crippen molar-refractivity contribution in [3.8, 4) is 0 Å². The van der Waals surface area contributed by atoms with Crippen molar-refractivity contribution in [1.29, 1.82) is 0 Å². The fourth-order valence-corrected chi connectivity index (χ4v) is 2.02. The molecule has 2 amide bonds. The lowest BCUT2D eigenvalue weighted by Gasteiger charge is -2.09. The zero-order valence-electron chi connectivity index (χ0n) is 13.6. The molecule has 0 saturated carbocycles. The van der Waals surface area contributed by atoms with E-state index < -0.39 is 0 Å². The molecule has 0 bridgehead atoms. The second kappa shape index (κ2) is 7.54. The molecule has 120 valence electrons. The molecule has 0 atom stereocenters. The number of hydrogen-bond acceptors (Lipinski definition) is 3. The number of benzene rings is 1. The van der Waals surface area contributed by atoms with Crippen molar-refractivity contribution in [3.63, 3.8) is 0 Å². The predicted octanol–water partition coefficient (Wildman–Crippen LogP) is 2.46. The summed E-state index contributed by atoms with van der Waals surface area (Å²) < 4.78 is 0. The van der Waals surface area contributed by atoms with E-state index in [1.54, 1.807) is 6.07 Å². The number of aryl methyl sites for hydroxylation is 1. The maximum absolute atomic E-state index is 12.2. The van der Waals surface area contributed by atoms with Crippen LogP contribution in [-0.4, -0.2) is 22.8 Å². The van der Waals surface area contributed by atoms with Gasteiger partial charge in [0.2, 0.25) is 0 Å². The topological polar surface area (TPSA) is 71.1 Å². The van der Waals surface area contributed by atoms with E-state index in [1.165, 1.54) is 18.0 Å². The number of hydrogen-bond donors (Lipinski definition) is 2. The summed E-state index contributed by atoms with van der Waals surface area (Å²) in [6.07, 6.45) is 2.91. The van der Waals surface area contributed by atoms with Gasteiger partial charge in [-0.05, 0) is 32.4 Å². The summed E-state index contributed by atoms with van der Waals surface area (Å²) in [6, 6.07) is 9.52. The summed E-state index contributed by atoms with van der Waals surface area (Å²) in [7, 11) is 0. The Balaban J connectivity index is 2.02. The molecule has 2 N–H and O–H groups in total. The molecule has 0 fully saturated rings. The number of pyridine rings is 1. The molecule has 2 rings (SSSR count). The van der Waals surface area contributed by atoms with Crippen LogP contribution in [0.15, 0.2) is 42.7 Å². The van der Waals surface area contributed by atoms with E-state index in [0.29, 0.717) is 17.7 Å². The van der Waals surface area contributed by atoms with E-state index in [2.05, 4.69) is 15.6 Å². The molecule has 1 aromatic carbocycles. The van der Waals surface area contributed by atoms with Gasteiger partial charge in [-0.25, -0.2) is 0 Å². The molecule has 0 unspecified atom stereocenters. The maximum Gasteiger partial charge on any atom is 0.253 e. The molecule has 0 aliphatic heterocycles. The lowest BCUT2D eigenvalue weighted by molar-refractivity contribution is 0.0942. The molecule has 0 spiro atoms. The smallest absolute Gasteiger partial charge is 0.253 e. The summed E-state index contributed by atoms with van der Waals surface area (Å²) in [5.41, 5.74) is 2.94. The summed E-state index contributed by atoms with van der Waals surface area (Å²) >= 11 is 0. The molecule has 23 heavy (non-hydrogen) atoms. The van der Waals surface area contributed by atoms with Gasteiger partial charge in [-0.15, -0.1) is 0 Å². The minimum Gasteiger partial charge on any atom is -0.350 e. The van der Waals surface area contributed by atoms with Crippen LogP contribution in [0.2, 0.25) is 0 Å². The number of nitrogens with one attached hydrogen (secondary N) is 2. The van der Waals surface area contributed by atoms with Gasteiger partial charge < -0.3 is 10.6 Å². The van der Waals surface area contributed by atoms with Crippen molar-refractivity contribution in [3.05, 3.63) is 65.0 Å². The Kier molecular flexibility index (Phi) is 5.46. The van der Waals surface area contributed by atoms with Gasteiger partial charge >= 0.3 is 0 Å². The monoisotopic (exact) mass is 311 g/mol. The Morgan fingerprint density at radius 1 is 1.04 bits per heavy atom. The Morgan fingerprint density at radius 3 is 2.26 bits per heavy atom. The van der Waals surface area contributed by atoms with Crippen LogP contribution in [0.4, 0.5) is 0 Å². The molecule has 2 aromatic rings. The van der Waals surface area contributed by atoms with Crippen LogP contribution in [0, 0.1) is 6.92 Å². The van der Waals surface area contributed by atoms with Gasteiger partial charge in [0.15, 0.2) is 0 Å². The first-order chi connectivity index (χ1) is 11.0. The van der Waals surface area contributed by atoms with Crippen LogP contribution >= 0.6 is 0 Å². The first-order valence-electron chi connectivity index (χ1n) is 7.55. The minimum atomic E-state index is -0.253. The van der Waals surface area contributed by atoms with Gasteiger partial charge in [-0.3, -0.25) is 14.6 Å². The van der Waals surface area contributed by atoms with E-state index in [-0.39, 0.29) is 17.9 Å². The molecule has 0 saturated heterocycles. The fourth-order valence-electron chi connectivity index (χ4n) is 2.02. The Hall–Kier alpha value is -2.69. The summed E-state index contributed by atoms with van der Waals surface area (Å²) in [5, 5.41) is 5.61. The van der Waals surface area contributed by atoms with Crippen molar-refractivity contribution < 1.29 is 9.59 Å². The zero-order valence-corrected chi connectivity index (χ0v) is 13.6. The van der Waals surface area contributed by atoms with Gasteiger partial charge in [-0.1, -0.05) is 29.8 Å². The first kappa shape index (κ1) is 16.7. The van der Waals surface area contributed by atoms with Gasteiger partial charge in [0.05, 0.1) is 11.1 Å². The number of rotatable bonds is 5. The lowest BCUT2D eigenvalue weighted by Crippen LogP contribution is -2.30. The van der Waals surface area contributed by atoms with Crippen LogP contribution in [0.3, 0.4) is 0 Å². The average molecular weight is 311 g/mol. The highest BCUT2D eigenvalue weighted by molar-refractivity contribution is 5.99. The van der Waals surface area contributed by atoms with Crippen LogP contribution < -0.4 is 10.6 Å². The molecule has 1 aromatic heterocycles. The average Bonchev–Trinajstić information content (AvgIpc) is 2.53. The maximum atomic E-state index is 12.2. The third-order valence-corrected chi connectivity index (χ3v) is 3.26. The minimum absolute atomic E-state index is 0.0292. The van der Waals surface area contributed by atoms with E-state index in [4.69, 9.17) is 0 Å². The SMILES string of the molecule is Cc1ccc(CNC(=O)c2cncc(C(=O)NC(C)C)c2)cc1. The number of carbonyl (C=O) groups is 2. The normalized spacial score (nSPS) is 10.4. The van der Waals surface area contributed by atoms with Crippen molar-refractivity contribution in [2.45, 2.75) is 33.4 Å². The van der Waals surface area contributed by atoms with Gasteiger partial charge in [0, 0.05) is 25.0 Å². The second-order valence-electron chi connectivity index (χ2n) is 5.76. The quantitative estimate of drug-likeness (QED) is 0.891. The number of aromatic nitrogens is 1. The number of carbonyl (C=O) groups excluding carboxylic acids is 2. The molecule has 0 radical (unpaired) electrons. The number of amides is 2. The summed E-state index contributed by atoms with van der Waals surface area (Å²) in [5.74, 6) is -0.488. The van der Waals surface area contributed by atoms with E-state index in [9.17, 15) is 9.59 Å². The van der Waals surface area contributed by atoms with Crippen LogP contribution in [0.25, 0.3) is 0 Å². The van der Waals surface area contributed by atoms with E-state index in [1.807, 2.05) is 45.0 Å². The van der Waals surface area contributed by atoms with Crippen molar-refractivity contribution >= 4 is 11.8 Å². The summed E-state index contributed by atoms with van der Waals surface area (Å²) in [4.78, 5) is 28.1. The zero-order chi connectivity index (χ0) is 16.8. The van der Waals surface area contributed by atoms with E-state index >= 15 is 0 Å². The molecule has 5 heteroatoms. The standard InChI is InChI=1S/C18H21N3O2/c1-12(2)21-18(23)16-8-15(10-19-11-16)17(22)20-9-14-6-4-13(3)5-7-14/h4-8,10-12H,9H2,1-3H3,(H,20,22)(H,21,23). The molecule has 0 aliphatic rings. The fraction of sp³-hybridized carbons (Fsp3) is 0.278. The van der Waals surface area contributed by atoms with E-state index in [0.717, 1.165) is 5.56 Å². The highest BCUT2D eigenvalue weighted by Crippen LogP contribution is 2.06.